The lowest BCUT2D eigenvalue weighted by molar-refractivity contribution is 0.568. The third kappa shape index (κ3) is 1.90. The van der Waals surface area contributed by atoms with E-state index in [1.165, 1.54) is 6.39 Å². The van der Waals surface area contributed by atoms with Gasteiger partial charge in [-0.25, -0.2) is 4.98 Å². The van der Waals surface area contributed by atoms with Crippen molar-refractivity contribution in [1.29, 1.82) is 0 Å². The fraction of sp³-hybridized carbons (Fsp3) is 0.0625. The molecule has 0 N–H and O–H groups in total. The average molecular weight is 276 g/mol. The SMILES string of the molecule is Cn1ccc2c(-c3ccc(-c4nnco4)cc3)ccnc21. The van der Waals surface area contributed by atoms with Gasteiger partial charge in [0, 0.05) is 30.4 Å². The van der Waals surface area contributed by atoms with Crippen LogP contribution < -0.4 is 0 Å². The fourth-order valence-corrected chi connectivity index (χ4v) is 2.51. The van der Waals surface area contributed by atoms with E-state index in [1.807, 2.05) is 42.2 Å². The van der Waals surface area contributed by atoms with Crippen LogP contribution in [-0.4, -0.2) is 19.7 Å². The van der Waals surface area contributed by atoms with E-state index in [4.69, 9.17) is 4.42 Å². The number of aryl methyl sites for hydroxylation is 1. The number of benzene rings is 1. The Morgan fingerprint density at radius 2 is 1.81 bits per heavy atom. The highest BCUT2D eigenvalue weighted by Gasteiger charge is 2.08. The van der Waals surface area contributed by atoms with Crippen LogP contribution in [0.2, 0.25) is 0 Å². The van der Waals surface area contributed by atoms with Crippen molar-refractivity contribution in [2.24, 2.45) is 7.05 Å². The molecular weight excluding hydrogens is 264 g/mol. The zero-order valence-corrected chi connectivity index (χ0v) is 11.4. The van der Waals surface area contributed by atoms with E-state index < -0.39 is 0 Å². The number of hydrogen-bond donors (Lipinski definition) is 0. The quantitative estimate of drug-likeness (QED) is 0.563. The molecule has 0 spiro atoms. The van der Waals surface area contributed by atoms with E-state index in [0.717, 1.165) is 27.7 Å². The molecule has 3 heterocycles. The van der Waals surface area contributed by atoms with E-state index in [0.29, 0.717) is 5.89 Å². The monoisotopic (exact) mass is 276 g/mol. The van der Waals surface area contributed by atoms with Crippen molar-refractivity contribution in [3.05, 3.63) is 55.2 Å². The molecule has 0 fully saturated rings. The number of rotatable bonds is 2. The van der Waals surface area contributed by atoms with Crippen molar-refractivity contribution in [1.82, 2.24) is 19.7 Å². The van der Waals surface area contributed by atoms with Crippen molar-refractivity contribution in [2.75, 3.05) is 0 Å². The van der Waals surface area contributed by atoms with Gasteiger partial charge in [0.2, 0.25) is 12.3 Å². The molecule has 21 heavy (non-hydrogen) atoms. The van der Waals surface area contributed by atoms with Crippen LogP contribution in [-0.2, 0) is 7.05 Å². The lowest BCUT2D eigenvalue weighted by Gasteiger charge is -2.05. The molecule has 4 aromatic rings. The smallest absolute Gasteiger partial charge is 0.247 e. The molecule has 3 aromatic heterocycles. The topological polar surface area (TPSA) is 56.7 Å². The lowest BCUT2D eigenvalue weighted by Crippen LogP contribution is -1.88. The maximum absolute atomic E-state index is 5.20. The van der Waals surface area contributed by atoms with E-state index in [-0.39, 0.29) is 0 Å². The summed E-state index contributed by atoms with van der Waals surface area (Å²) in [6.45, 7) is 0. The Hall–Kier alpha value is -2.95. The minimum absolute atomic E-state index is 0.529. The molecule has 0 atom stereocenters. The van der Waals surface area contributed by atoms with Gasteiger partial charge in [-0.15, -0.1) is 10.2 Å². The van der Waals surface area contributed by atoms with Crippen LogP contribution >= 0.6 is 0 Å². The second-order valence-corrected chi connectivity index (χ2v) is 4.84. The van der Waals surface area contributed by atoms with Crippen molar-refractivity contribution in [3.63, 3.8) is 0 Å². The molecule has 0 aliphatic heterocycles. The van der Waals surface area contributed by atoms with Gasteiger partial charge in [0.15, 0.2) is 0 Å². The predicted octanol–water partition coefficient (Wildman–Crippen LogP) is 3.29. The van der Waals surface area contributed by atoms with E-state index in [1.54, 1.807) is 0 Å². The summed E-state index contributed by atoms with van der Waals surface area (Å²) in [5.41, 5.74) is 4.19. The first-order valence-corrected chi connectivity index (χ1v) is 6.60. The van der Waals surface area contributed by atoms with Crippen LogP contribution in [0, 0.1) is 0 Å². The van der Waals surface area contributed by atoms with Gasteiger partial charge in [-0.05, 0) is 35.4 Å². The van der Waals surface area contributed by atoms with E-state index in [9.17, 15) is 0 Å². The number of hydrogen-bond acceptors (Lipinski definition) is 4. The highest BCUT2D eigenvalue weighted by molar-refractivity contribution is 5.93. The fourth-order valence-electron chi connectivity index (χ4n) is 2.51. The molecule has 0 radical (unpaired) electrons. The lowest BCUT2D eigenvalue weighted by atomic mass is 10.0. The van der Waals surface area contributed by atoms with Crippen LogP contribution in [0.1, 0.15) is 0 Å². The molecule has 0 unspecified atom stereocenters. The van der Waals surface area contributed by atoms with Crippen LogP contribution in [0.4, 0.5) is 0 Å². The number of nitrogens with zero attached hydrogens (tertiary/aromatic N) is 4. The second-order valence-electron chi connectivity index (χ2n) is 4.84. The Balaban J connectivity index is 1.82. The normalized spacial score (nSPS) is 11.1. The Labute approximate surface area is 120 Å². The molecule has 5 nitrogen and oxygen atoms in total. The van der Waals surface area contributed by atoms with Crippen molar-refractivity contribution in [3.8, 4) is 22.6 Å². The van der Waals surface area contributed by atoms with Crippen molar-refractivity contribution < 1.29 is 4.42 Å². The minimum atomic E-state index is 0.529. The summed E-state index contributed by atoms with van der Waals surface area (Å²) in [4.78, 5) is 4.41. The first-order chi connectivity index (χ1) is 10.3. The van der Waals surface area contributed by atoms with Gasteiger partial charge in [0.1, 0.15) is 5.65 Å². The average Bonchev–Trinajstić information content (AvgIpc) is 3.18. The van der Waals surface area contributed by atoms with Gasteiger partial charge in [0.05, 0.1) is 0 Å². The van der Waals surface area contributed by atoms with Gasteiger partial charge in [-0.3, -0.25) is 0 Å². The molecule has 0 amide bonds. The Morgan fingerprint density at radius 1 is 1.00 bits per heavy atom. The van der Waals surface area contributed by atoms with Gasteiger partial charge in [-0.1, -0.05) is 12.1 Å². The van der Waals surface area contributed by atoms with Crippen LogP contribution in [0.5, 0.6) is 0 Å². The summed E-state index contributed by atoms with van der Waals surface area (Å²) >= 11 is 0. The minimum Gasteiger partial charge on any atom is -0.423 e. The zero-order chi connectivity index (χ0) is 14.2. The van der Waals surface area contributed by atoms with Gasteiger partial charge >= 0.3 is 0 Å². The number of pyridine rings is 1. The maximum Gasteiger partial charge on any atom is 0.247 e. The summed E-state index contributed by atoms with van der Waals surface area (Å²) in [5, 5.41) is 8.75. The summed E-state index contributed by atoms with van der Waals surface area (Å²) in [6, 6.07) is 12.2. The summed E-state index contributed by atoms with van der Waals surface area (Å²) in [6.07, 6.45) is 5.19. The molecule has 5 heteroatoms. The molecule has 0 bridgehead atoms. The molecule has 0 saturated heterocycles. The molecule has 0 aliphatic rings. The number of aromatic nitrogens is 4. The summed E-state index contributed by atoms with van der Waals surface area (Å²) in [5.74, 6) is 0.529. The highest BCUT2D eigenvalue weighted by Crippen LogP contribution is 2.29. The first kappa shape index (κ1) is 11.8. The Morgan fingerprint density at radius 3 is 2.57 bits per heavy atom. The van der Waals surface area contributed by atoms with Gasteiger partial charge < -0.3 is 8.98 Å². The second kappa shape index (κ2) is 4.56. The molecular formula is C16H12N4O. The van der Waals surface area contributed by atoms with E-state index >= 15 is 0 Å². The third-order valence-corrected chi connectivity index (χ3v) is 3.57. The van der Waals surface area contributed by atoms with Gasteiger partial charge in [0.25, 0.3) is 0 Å². The standard InChI is InChI=1S/C16H12N4O/c1-20-9-7-14-13(6-8-17-15(14)20)11-2-4-12(5-3-11)16-19-18-10-21-16/h2-10H,1H3. The molecule has 0 aliphatic carbocycles. The maximum atomic E-state index is 5.20. The molecule has 102 valence electrons. The van der Waals surface area contributed by atoms with Crippen molar-refractivity contribution >= 4 is 11.0 Å². The molecule has 1 aromatic carbocycles. The number of fused-ring (bicyclic) bond motifs is 1. The van der Waals surface area contributed by atoms with Crippen LogP contribution in [0.15, 0.2) is 59.6 Å². The molecule has 0 saturated carbocycles. The van der Waals surface area contributed by atoms with Crippen LogP contribution in [0.3, 0.4) is 0 Å². The first-order valence-electron chi connectivity index (χ1n) is 6.60. The predicted molar refractivity (Wildman–Crippen MR) is 79.4 cm³/mol. The van der Waals surface area contributed by atoms with Gasteiger partial charge in [-0.2, -0.15) is 0 Å². The largest absolute Gasteiger partial charge is 0.423 e. The van der Waals surface area contributed by atoms with Crippen molar-refractivity contribution in [2.45, 2.75) is 0 Å². The Kier molecular flexibility index (Phi) is 2.57. The zero-order valence-electron chi connectivity index (χ0n) is 11.4. The summed E-state index contributed by atoms with van der Waals surface area (Å²) in [7, 11) is 2.00. The Bertz CT molecular complexity index is 892. The van der Waals surface area contributed by atoms with E-state index in [2.05, 4.69) is 33.4 Å². The highest BCUT2D eigenvalue weighted by atomic mass is 16.4. The van der Waals surface area contributed by atoms with Crippen LogP contribution in [0.25, 0.3) is 33.6 Å². The summed E-state index contributed by atoms with van der Waals surface area (Å²) < 4.78 is 7.22. The third-order valence-electron chi connectivity index (χ3n) is 3.57. The molecule has 4 rings (SSSR count).